The van der Waals surface area contributed by atoms with Gasteiger partial charge in [0.2, 0.25) is 5.91 Å². The molecule has 3 aromatic carbocycles. The van der Waals surface area contributed by atoms with Crippen LogP contribution < -0.4 is 10.1 Å². The standard InChI is InChI=1S/C25H20N2O3S2/c28-23(26-16-18-8-3-1-4-9-18)17-27-24(29)22(32-25(27)31)15-19-10-7-13-21(14-19)30-20-11-5-2-6-12-20/h1-15H,16-17H2,(H,26,28)/b22-15-. The van der Waals surface area contributed by atoms with Crippen LogP contribution in [0.1, 0.15) is 11.1 Å². The molecule has 0 atom stereocenters. The molecule has 3 aromatic rings. The lowest BCUT2D eigenvalue weighted by Crippen LogP contribution is -2.39. The van der Waals surface area contributed by atoms with Gasteiger partial charge >= 0.3 is 0 Å². The van der Waals surface area contributed by atoms with Gasteiger partial charge < -0.3 is 10.1 Å². The number of ether oxygens (including phenoxy) is 1. The minimum absolute atomic E-state index is 0.105. The molecule has 160 valence electrons. The highest BCUT2D eigenvalue weighted by Crippen LogP contribution is 2.33. The van der Waals surface area contributed by atoms with Gasteiger partial charge in [-0.25, -0.2) is 0 Å². The molecule has 5 nitrogen and oxygen atoms in total. The van der Waals surface area contributed by atoms with E-state index in [0.29, 0.717) is 21.5 Å². The minimum Gasteiger partial charge on any atom is -0.457 e. The molecule has 1 N–H and O–H groups in total. The highest BCUT2D eigenvalue weighted by atomic mass is 32.2. The van der Waals surface area contributed by atoms with Crippen LogP contribution in [-0.4, -0.2) is 27.6 Å². The fourth-order valence-electron chi connectivity index (χ4n) is 3.08. The molecule has 0 unspecified atom stereocenters. The van der Waals surface area contributed by atoms with Crippen LogP contribution >= 0.6 is 24.0 Å². The summed E-state index contributed by atoms with van der Waals surface area (Å²) < 4.78 is 6.23. The van der Waals surface area contributed by atoms with Crippen LogP contribution in [0, 0.1) is 0 Å². The monoisotopic (exact) mass is 460 g/mol. The quantitative estimate of drug-likeness (QED) is 0.397. The van der Waals surface area contributed by atoms with Gasteiger partial charge in [0.1, 0.15) is 22.4 Å². The summed E-state index contributed by atoms with van der Waals surface area (Å²) in [5.74, 6) is 0.868. The molecule has 0 bridgehead atoms. The van der Waals surface area contributed by atoms with Gasteiger partial charge in [0.15, 0.2) is 0 Å². The number of carbonyl (C=O) groups excluding carboxylic acids is 2. The zero-order chi connectivity index (χ0) is 22.3. The molecule has 0 aromatic heterocycles. The lowest BCUT2D eigenvalue weighted by atomic mass is 10.2. The van der Waals surface area contributed by atoms with Crippen molar-refractivity contribution in [2.24, 2.45) is 0 Å². The van der Waals surface area contributed by atoms with Crippen LogP contribution in [0.15, 0.2) is 89.8 Å². The Hall–Kier alpha value is -3.42. The molecule has 32 heavy (non-hydrogen) atoms. The summed E-state index contributed by atoms with van der Waals surface area (Å²) in [4.78, 5) is 27.0. The summed E-state index contributed by atoms with van der Waals surface area (Å²) in [6.07, 6.45) is 1.76. The first-order valence-corrected chi connectivity index (χ1v) is 11.2. The number of amides is 2. The average molecular weight is 461 g/mol. The maximum atomic E-state index is 12.8. The van der Waals surface area contributed by atoms with Crippen molar-refractivity contribution in [2.75, 3.05) is 6.54 Å². The van der Waals surface area contributed by atoms with E-state index in [-0.39, 0.29) is 18.4 Å². The van der Waals surface area contributed by atoms with Crippen molar-refractivity contribution in [2.45, 2.75) is 6.54 Å². The number of hydrogen-bond donors (Lipinski definition) is 1. The Morgan fingerprint density at radius 2 is 1.66 bits per heavy atom. The summed E-state index contributed by atoms with van der Waals surface area (Å²) in [6.45, 7) is 0.296. The maximum Gasteiger partial charge on any atom is 0.266 e. The van der Waals surface area contributed by atoms with E-state index in [9.17, 15) is 9.59 Å². The molecule has 1 aliphatic heterocycles. The van der Waals surface area contributed by atoms with Crippen molar-refractivity contribution in [1.29, 1.82) is 0 Å². The molecule has 1 aliphatic rings. The van der Waals surface area contributed by atoms with Crippen molar-refractivity contribution in [3.63, 3.8) is 0 Å². The average Bonchev–Trinajstić information content (AvgIpc) is 3.06. The summed E-state index contributed by atoms with van der Waals surface area (Å²) in [6, 6.07) is 26.5. The highest BCUT2D eigenvalue weighted by Gasteiger charge is 2.33. The van der Waals surface area contributed by atoms with Gasteiger partial charge in [-0.1, -0.05) is 84.6 Å². The van der Waals surface area contributed by atoms with Gasteiger partial charge in [-0.2, -0.15) is 0 Å². The van der Waals surface area contributed by atoms with Gasteiger partial charge in [-0.05, 0) is 41.5 Å². The van der Waals surface area contributed by atoms with Crippen molar-refractivity contribution in [3.05, 3.63) is 101 Å². The molecule has 0 saturated carbocycles. The van der Waals surface area contributed by atoms with Crippen LogP contribution in [0.5, 0.6) is 11.5 Å². The molecular weight excluding hydrogens is 440 g/mol. The summed E-state index contributed by atoms with van der Waals surface area (Å²) >= 11 is 6.53. The fraction of sp³-hybridized carbons (Fsp3) is 0.0800. The first-order valence-electron chi connectivity index (χ1n) is 9.97. The van der Waals surface area contributed by atoms with E-state index in [1.165, 1.54) is 16.7 Å². The number of nitrogens with zero attached hydrogens (tertiary/aromatic N) is 1. The number of rotatable bonds is 7. The third-order valence-electron chi connectivity index (χ3n) is 4.64. The third-order valence-corrected chi connectivity index (χ3v) is 6.02. The van der Waals surface area contributed by atoms with E-state index < -0.39 is 0 Å². The number of thioether (sulfide) groups is 1. The predicted octanol–water partition coefficient (Wildman–Crippen LogP) is 5.00. The molecule has 2 amide bonds. The van der Waals surface area contributed by atoms with Gasteiger partial charge in [0.25, 0.3) is 5.91 Å². The van der Waals surface area contributed by atoms with Crippen molar-refractivity contribution in [3.8, 4) is 11.5 Å². The van der Waals surface area contributed by atoms with Gasteiger partial charge in [0.05, 0.1) is 4.91 Å². The zero-order valence-corrected chi connectivity index (χ0v) is 18.7. The number of thiocarbonyl (C=S) groups is 1. The van der Waals surface area contributed by atoms with Crippen LogP contribution in [0.3, 0.4) is 0 Å². The van der Waals surface area contributed by atoms with Crippen LogP contribution in [0.4, 0.5) is 0 Å². The van der Waals surface area contributed by atoms with Crippen molar-refractivity contribution in [1.82, 2.24) is 10.2 Å². The third kappa shape index (κ3) is 5.63. The first kappa shape index (κ1) is 21.8. The predicted molar refractivity (Wildman–Crippen MR) is 131 cm³/mol. The number of benzene rings is 3. The molecule has 1 heterocycles. The number of carbonyl (C=O) groups is 2. The Kier molecular flexibility index (Phi) is 6.99. The SMILES string of the molecule is O=C(CN1C(=O)/C(=C/c2cccc(Oc3ccccc3)c2)SC1=S)NCc1ccccc1. The second kappa shape index (κ2) is 10.3. The first-order chi connectivity index (χ1) is 15.6. The van der Waals surface area contributed by atoms with E-state index in [1.807, 2.05) is 84.9 Å². The Balaban J connectivity index is 1.40. The zero-order valence-electron chi connectivity index (χ0n) is 17.1. The molecule has 4 rings (SSSR count). The smallest absolute Gasteiger partial charge is 0.266 e. The molecule has 1 saturated heterocycles. The lowest BCUT2D eigenvalue weighted by Gasteiger charge is -2.14. The Bertz CT molecular complexity index is 1160. The molecule has 0 radical (unpaired) electrons. The summed E-state index contributed by atoms with van der Waals surface area (Å²) in [5, 5.41) is 2.82. The Labute approximate surface area is 196 Å². The Morgan fingerprint density at radius 3 is 2.41 bits per heavy atom. The van der Waals surface area contributed by atoms with E-state index in [1.54, 1.807) is 6.08 Å². The highest BCUT2D eigenvalue weighted by molar-refractivity contribution is 8.26. The van der Waals surface area contributed by atoms with E-state index >= 15 is 0 Å². The molecule has 0 aliphatic carbocycles. The van der Waals surface area contributed by atoms with E-state index in [0.717, 1.165) is 16.9 Å². The van der Waals surface area contributed by atoms with Gasteiger partial charge in [-0.15, -0.1) is 0 Å². The Morgan fingerprint density at radius 1 is 0.969 bits per heavy atom. The molecular formula is C25H20N2O3S2. The topological polar surface area (TPSA) is 58.6 Å². The van der Waals surface area contributed by atoms with Crippen molar-refractivity contribution < 1.29 is 14.3 Å². The van der Waals surface area contributed by atoms with E-state index in [4.69, 9.17) is 17.0 Å². The van der Waals surface area contributed by atoms with E-state index in [2.05, 4.69) is 5.32 Å². The minimum atomic E-state index is -0.274. The summed E-state index contributed by atoms with van der Waals surface area (Å²) in [7, 11) is 0. The second-order valence-corrected chi connectivity index (χ2v) is 8.69. The maximum absolute atomic E-state index is 12.8. The fourth-order valence-corrected chi connectivity index (χ4v) is 4.33. The van der Waals surface area contributed by atoms with Crippen LogP contribution in [-0.2, 0) is 16.1 Å². The normalized spacial score (nSPS) is 14.6. The molecule has 1 fully saturated rings. The van der Waals surface area contributed by atoms with Crippen molar-refractivity contribution >= 4 is 46.2 Å². The van der Waals surface area contributed by atoms with Gasteiger partial charge in [-0.3, -0.25) is 14.5 Å². The summed E-state index contributed by atoms with van der Waals surface area (Å²) in [5.41, 5.74) is 1.80. The number of hydrogen-bond acceptors (Lipinski definition) is 5. The van der Waals surface area contributed by atoms with Crippen LogP contribution in [0.2, 0.25) is 0 Å². The molecule has 0 spiro atoms. The largest absolute Gasteiger partial charge is 0.457 e. The number of para-hydroxylation sites is 1. The lowest BCUT2D eigenvalue weighted by molar-refractivity contribution is -0.128. The van der Waals surface area contributed by atoms with Crippen LogP contribution in [0.25, 0.3) is 6.08 Å². The number of nitrogens with one attached hydrogen (secondary N) is 1. The second-order valence-electron chi connectivity index (χ2n) is 7.02. The van der Waals surface area contributed by atoms with Gasteiger partial charge in [0, 0.05) is 6.54 Å². The molecule has 7 heteroatoms.